The zero-order chi connectivity index (χ0) is 15.5. The molecule has 2 fully saturated rings. The molecule has 1 aromatic carbocycles. The second-order valence-corrected chi connectivity index (χ2v) is 6.76. The number of nitrogens with two attached hydrogens (primary N) is 1. The van der Waals surface area contributed by atoms with Gasteiger partial charge in [0.05, 0.1) is 6.10 Å². The molecule has 4 nitrogen and oxygen atoms in total. The lowest BCUT2D eigenvalue weighted by Gasteiger charge is -2.37. The maximum Gasteiger partial charge on any atom is 0.248 e. The fourth-order valence-corrected chi connectivity index (χ4v) is 4.13. The molecule has 120 valence electrons. The van der Waals surface area contributed by atoms with Gasteiger partial charge in [-0.2, -0.15) is 0 Å². The Balaban J connectivity index is 1.66. The molecule has 2 aliphatic rings. The van der Waals surface area contributed by atoms with E-state index in [9.17, 15) is 9.90 Å². The number of rotatable bonds is 4. The predicted octanol–water partition coefficient (Wildman–Crippen LogP) is 2.30. The number of aliphatic hydroxyl groups is 1. The van der Waals surface area contributed by atoms with Crippen molar-refractivity contribution in [2.45, 2.75) is 57.2 Å². The summed E-state index contributed by atoms with van der Waals surface area (Å²) in [6.45, 7) is 2.00. The Morgan fingerprint density at radius 1 is 1.14 bits per heavy atom. The maximum atomic E-state index is 11.1. The number of hydrogen-bond donors (Lipinski definition) is 2. The van der Waals surface area contributed by atoms with Gasteiger partial charge in [-0.05, 0) is 49.9 Å². The van der Waals surface area contributed by atoms with Crippen molar-refractivity contribution in [2.75, 3.05) is 6.54 Å². The minimum absolute atomic E-state index is 0.128. The van der Waals surface area contributed by atoms with Gasteiger partial charge in [-0.1, -0.05) is 25.0 Å². The van der Waals surface area contributed by atoms with Crippen molar-refractivity contribution in [2.24, 2.45) is 11.7 Å². The third kappa shape index (κ3) is 3.33. The summed E-state index contributed by atoms with van der Waals surface area (Å²) >= 11 is 0. The van der Waals surface area contributed by atoms with Crippen LogP contribution in [-0.2, 0) is 6.54 Å². The van der Waals surface area contributed by atoms with Crippen LogP contribution in [0.3, 0.4) is 0 Å². The molecule has 0 unspecified atom stereocenters. The van der Waals surface area contributed by atoms with Gasteiger partial charge in [-0.3, -0.25) is 9.69 Å². The second-order valence-electron chi connectivity index (χ2n) is 6.76. The average Bonchev–Trinajstić information content (AvgIpc) is 2.96. The third-order valence-electron chi connectivity index (χ3n) is 5.31. The lowest BCUT2D eigenvalue weighted by molar-refractivity contribution is 0.0201. The molecule has 1 aliphatic heterocycles. The fourth-order valence-electron chi connectivity index (χ4n) is 4.13. The van der Waals surface area contributed by atoms with E-state index in [1.807, 2.05) is 12.1 Å². The maximum absolute atomic E-state index is 11.1. The van der Waals surface area contributed by atoms with Crippen molar-refractivity contribution in [1.29, 1.82) is 0 Å². The molecule has 4 heteroatoms. The van der Waals surface area contributed by atoms with Crippen LogP contribution in [0, 0.1) is 5.92 Å². The van der Waals surface area contributed by atoms with Crippen LogP contribution in [0.5, 0.6) is 0 Å². The summed E-state index contributed by atoms with van der Waals surface area (Å²) in [7, 11) is 0. The first-order valence-electron chi connectivity index (χ1n) is 8.46. The van der Waals surface area contributed by atoms with Gasteiger partial charge in [0.1, 0.15) is 0 Å². The molecule has 3 rings (SSSR count). The Morgan fingerprint density at radius 3 is 2.55 bits per heavy atom. The van der Waals surface area contributed by atoms with Crippen LogP contribution in [0.15, 0.2) is 24.3 Å². The monoisotopic (exact) mass is 302 g/mol. The van der Waals surface area contributed by atoms with Gasteiger partial charge in [0.15, 0.2) is 0 Å². The van der Waals surface area contributed by atoms with Crippen LogP contribution in [0.2, 0.25) is 0 Å². The van der Waals surface area contributed by atoms with Crippen LogP contribution in [-0.4, -0.2) is 34.6 Å². The molecule has 0 bridgehead atoms. The molecule has 0 aromatic heterocycles. The Hall–Kier alpha value is -1.39. The van der Waals surface area contributed by atoms with E-state index in [0.717, 1.165) is 25.9 Å². The van der Waals surface area contributed by atoms with Crippen LogP contribution in [0.4, 0.5) is 0 Å². The highest BCUT2D eigenvalue weighted by Crippen LogP contribution is 2.35. The molecule has 22 heavy (non-hydrogen) atoms. The number of benzene rings is 1. The van der Waals surface area contributed by atoms with Crippen molar-refractivity contribution in [3.05, 3.63) is 35.4 Å². The van der Waals surface area contributed by atoms with E-state index in [1.54, 1.807) is 12.1 Å². The van der Waals surface area contributed by atoms with Gasteiger partial charge in [0.2, 0.25) is 5.91 Å². The van der Waals surface area contributed by atoms with E-state index >= 15 is 0 Å². The summed E-state index contributed by atoms with van der Waals surface area (Å²) in [5, 5.41) is 10.3. The standard InChI is InChI=1S/C18H26N2O2/c19-18(22)14-9-7-13(8-10-14)12-20-11-3-5-16(20)15-4-1-2-6-17(15)21/h7-10,15-17,21H,1-6,11-12H2,(H2,19,22)/t15-,16-,17-/m1/s1. The van der Waals surface area contributed by atoms with Crippen molar-refractivity contribution in [3.8, 4) is 0 Å². The van der Waals surface area contributed by atoms with Gasteiger partial charge in [0.25, 0.3) is 0 Å². The van der Waals surface area contributed by atoms with E-state index in [-0.39, 0.29) is 12.0 Å². The SMILES string of the molecule is NC(=O)c1ccc(CN2CCC[C@@H]2[C@H]2CCCC[C@H]2O)cc1. The van der Waals surface area contributed by atoms with Crippen LogP contribution in [0.25, 0.3) is 0 Å². The smallest absolute Gasteiger partial charge is 0.248 e. The third-order valence-corrected chi connectivity index (χ3v) is 5.31. The number of carbonyl (C=O) groups excluding carboxylic acids is 1. The summed E-state index contributed by atoms with van der Waals surface area (Å²) in [4.78, 5) is 13.6. The molecular weight excluding hydrogens is 276 g/mol. The molecule has 1 aliphatic carbocycles. The van der Waals surface area contributed by atoms with Crippen molar-refractivity contribution in [1.82, 2.24) is 4.90 Å². The molecule has 0 radical (unpaired) electrons. The molecular formula is C18H26N2O2. The number of aliphatic hydroxyl groups excluding tert-OH is 1. The van der Waals surface area contributed by atoms with Crippen molar-refractivity contribution in [3.63, 3.8) is 0 Å². The Morgan fingerprint density at radius 2 is 1.86 bits per heavy atom. The minimum Gasteiger partial charge on any atom is -0.393 e. The van der Waals surface area contributed by atoms with Crippen LogP contribution in [0.1, 0.15) is 54.4 Å². The fraction of sp³-hybridized carbons (Fsp3) is 0.611. The van der Waals surface area contributed by atoms with Crippen LogP contribution < -0.4 is 5.73 Å². The summed E-state index contributed by atoms with van der Waals surface area (Å²) < 4.78 is 0. The van der Waals surface area contributed by atoms with Gasteiger partial charge < -0.3 is 10.8 Å². The first-order chi connectivity index (χ1) is 10.6. The lowest BCUT2D eigenvalue weighted by Crippen LogP contribution is -2.42. The first-order valence-corrected chi connectivity index (χ1v) is 8.46. The molecule has 3 atom stereocenters. The zero-order valence-electron chi connectivity index (χ0n) is 13.1. The summed E-state index contributed by atoms with van der Waals surface area (Å²) in [5.74, 6) is 0.0528. The van der Waals surface area contributed by atoms with Gasteiger partial charge >= 0.3 is 0 Å². The number of amides is 1. The van der Waals surface area contributed by atoms with E-state index in [4.69, 9.17) is 5.73 Å². The Bertz CT molecular complexity index is 514. The van der Waals surface area contributed by atoms with Crippen molar-refractivity contribution < 1.29 is 9.90 Å². The number of primary amides is 1. The van der Waals surface area contributed by atoms with E-state index < -0.39 is 0 Å². The highest BCUT2D eigenvalue weighted by Gasteiger charge is 2.36. The highest BCUT2D eigenvalue weighted by molar-refractivity contribution is 5.92. The number of likely N-dealkylation sites (tertiary alicyclic amines) is 1. The quantitative estimate of drug-likeness (QED) is 0.897. The topological polar surface area (TPSA) is 66.6 Å². The zero-order valence-corrected chi connectivity index (χ0v) is 13.1. The highest BCUT2D eigenvalue weighted by atomic mass is 16.3. The molecule has 1 heterocycles. The molecule has 1 aromatic rings. The van der Waals surface area contributed by atoms with Gasteiger partial charge in [-0.15, -0.1) is 0 Å². The Kier molecular flexibility index (Phi) is 4.79. The predicted molar refractivity (Wildman–Crippen MR) is 86.4 cm³/mol. The molecule has 1 amide bonds. The molecule has 1 saturated heterocycles. The second kappa shape index (κ2) is 6.80. The summed E-state index contributed by atoms with van der Waals surface area (Å²) in [6, 6.07) is 8.10. The first kappa shape index (κ1) is 15.5. The lowest BCUT2D eigenvalue weighted by atomic mass is 9.80. The van der Waals surface area contributed by atoms with E-state index in [2.05, 4.69) is 4.90 Å². The molecule has 1 saturated carbocycles. The van der Waals surface area contributed by atoms with Gasteiger partial charge in [-0.25, -0.2) is 0 Å². The van der Waals surface area contributed by atoms with Gasteiger partial charge in [0, 0.05) is 24.1 Å². The summed E-state index contributed by atoms with van der Waals surface area (Å²) in [5.41, 5.74) is 7.06. The Labute approximate surface area is 132 Å². The van der Waals surface area contributed by atoms with Crippen LogP contribution >= 0.6 is 0 Å². The summed E-state index contributed by atoms with van der Waals surface area (Å²) in [6.07, 6.45) is 6.81. The molecule has 0 spiro atoms. The number of carbonyl (C=O) groups is 1. The van der Waals surface area contributed by atoms with Crippen molar-refractivity contribution >= 4 is 5.91 Å². The minimum atomic E-state index is -0.379. The largest absolute Gasteiger partial charge is 0.393 e. The average molecular weight is 302 g/mol. The van der Waals surface area contributed by atoms with E-state index in [0.29, 0.717) is 17.5 Å². The van der Waals surface area contributed by atoms with E-state index in [1.165, 1.54) is 31.2 Å². The number of hydrogen-bond acceptors (Lipinski definition) is 3. The normalized spacial score (nSPS) is 29.6. The number of nitrogens with zero attached hydrogens (tertiary/aromatic N) is 1. The molecule has 3 N–H and O–H groups in total.